The first-order valence-corrected chi connectivity index (χ1v) is 9.95. The third-order valence-corrected chi connectivity index (χ3v) is 6.42. The lowest BCUT2D eigenvalue weighted by atomic mass is 10.1. The number of nitro benzene ring substituents is 1. The molecule has 1 aliphatic heterocycles. The number of carbonyl (C=O) groups excluding carboxylic acids is 1. The van der Waals surface area contributed by atoms with E-state index in [1.54, 1.807) is 29.2 Å². The van der Waals surface area contributed by atoms with Gasteiger partial charge in [0.1, 0.15) is 5.75 Å². The lowest BCUT2D eigenvalue weighted by Crippen LogP contribution is -2.50. The highest BCUT2D eigenvalue weighted by Gasteiger charge is 2.31. The molecule has 0 aromatic heterocycles. The zero-order valence-electron chi connectivity index (χ0n) is 15.1. The van der Waals surface area contributed by atoms with E-state index in [-0.39, 0.29) is 42.7 Å². The molecule has 1 aliphatic rings. The molecule has 3 rings (SSSR count). The van der Waals surface area contributed by atoms with Crippen molar-refractivity contribution in [3.05, 3.63) is 64.2 Å². The van der Waals surface area contributed by atoms with Crippen LogP contribution in [0.2, 0.25) is 0 Å². The number of para-hydroxylation sites is 1. The molecule has 1 amide bonds. The van der Waals surface area contributed by atoms with Gasteiger partial charge in [0.05, 0.1) is 22.5 Å². The molecule has 1 saturated heterocycles. The Morgan fingerprint density at radius 3 is 2.39 bits per heavy atom. The van der Waals surface area contributed by atoms with Gasteiger partial charge in [-0.1, -0.05) is 18.2 Å². The normalized spacial score (nSPS) is 15.2. The first-order chi connectivity index (χ1) is 13.3. The van der Waals surface area contributed by atoms with Gasteiger partial charge in [-0.3, -0.25) is 14.9 Å². The predicted molar refractivity (Wildman–Crippen MR) is 101 cm³/mol. The van der Waals surface area contributed by atoms with Crippen molar-refractivity contribution < 1.29 is 22.9 Å². The summed E-state index contributed by atoms with van der Waals surface area (Å²) in [6, 6.07) is 11.8. The molecule has 1 fully saturated rings. The summed E-state index contributed by atoms with van der Waals surface area (Å²) in [5.74, 6) is 0.226. The quantitative estimate of drug-likeness (QED) is 0.554. The Bertz CT molecular complexity index is 1000. The first-order valence-electron chi connectivity index (χ1n) is 8.51. The largest absolute Gasteiger partial charge is 0.496 e. The summed E-state index contributed by atoms with van der Waals surface area (Å²) in [5, 5.41) is 10.9. The standard InChI is InChI=1S/C18H19N3O6S/c1-27-17-8-3-2-7-16(17)18(22)19-9-11-20(12-10-19)28(25,26)15-6-4-5-14(13-15)21(23)24/h2-8,13H,9-12H2,1H3. The third kappa shape index (κ3) is 3.82. The van der Waals surface area contributed by atoms with Crippen molar-refractivity contribution >= 4 is 21.6 Å². The molecule has 0 saturated carbocycles. The Morgan fingerprint density at radius 1 is 1.07 bits per heavy atom. The molecule has 0 radical (unpaired) electrons. The maximum atomic E-state index is 12.8. The van der Waals surface area contributed by atoms with Crippen LogP contribution in [-0.2, 0) is 10.0 Å². The van der Waals surface area contributed by atoms with Crippen molar-refractivity contribution in [1.29, 1.82) is 0 Å². The molecule has 28 heavy (non-hydrogen) atoms. The van der Waals surface area contributed by atoms with E-state index in [4.69, 9.17) is 4.74 Å². The van der Waals surface area contributed by atoms with E-state index < -0.39 is 14.9 Å². The second kappa shape index (κ2) is 7.95. The van der Waals surface area contributed by atoms with Crippen LogP contribution in [0.15, 0.2) is 53.4 Å². The van der Waals surface area contributed by atoms with Crippen LogP contribution in [0.4, 0.5) is 5.69 Å². The van der Waals surface area contributed by atoms with Gasteiger partial charge in [0.2, 0.25) is 10.0 Å². The summed E-state index contributed by atoms with van der Waals surface area (Å²) in [5.41, 5.74) is 0.131. The van der Waals surface area contributed by atoms with Crippen LogP contribution < -0.4 is 4.74 Å². The Balaban J connectivity index is 1.73. The highest BCUT2D eigenvalue weighted by atomic mass is 32.2. The van der Waals surface area contributed by atoms with Crippen molar-refractivity contribution in [2.45, 2.75) is 4.90 Å². The maximum Gasteiger partial charge on any atom is 0.270 e. The molecule has 0 spiro atoms. The molecular formula is C18H19N3O6S. The number of amides is 1. The fourth-order valence-electron chi connectivity index (χ4n) is 3.03. The van der Waals surface area contributed by atoms with Gasteiger partial charge in [0.25, 0.3) is 11.6 Å². The molecule has 9 nitrogen and oxygen atoms in total. The highest BCUT2D eigenvalue weighted by molar-refractivity contribution is 7.89. The number of piperazine rings is 1. The monoisotopic (exact) mass is 405 g/mol. The Labute approximate surface area is 162 Å². The van der Waals surface area contributed by atoms with Crippen LogP contribution >= 0.6 is 0 Å². The molecule has 0 N–H and O–H groups in total. The molecule has 2 aromatic carbocycles. The summed E-state index contributed by atoms with van der Waals surface area (Å²) in [4.78, 5) is 24.4. The molecule has 2 aromatic rings. The molecule has 1 heterocycles. The molecular weight excluding hydrogens is 386 g/mol. The Kier molecular flexibility index (Phi) is 5.61. The van der Waals surface area contributed by atoms with E-state index in [2.05, 4.69) is 0 Å². The number of ether oxygens (including phenoxy) is 1. The van der Waals surface area contributed by atoms with Gasteiger partial charge in [-0.25, -0.2) is 8.42 Å². The lowest BCUT2D eigenvalue weighted by Gasteiger charge is -2.34. The van der Waals surface area contributed by atoms with Gasteiger partial charge in [-0.05, 0) is 18.2 Å². The van der Waals surface area contributed by atoms with E-state index in [1.165, 1.54) is 29.6 Å². The summed E-state index contributed by atoms with van der Waals surface area (Å²) in [7, 11) is -2.40. The fraction of sp³-hybridized carbons (Fsp3) is 0.278. The first kappa shape index (κ1) is 19.8. The number of carbonyl (C=O) groups is 1. The van der Waals surface area contributed by atoms with Gasteiger partial charge in [0.15, 0.2) is 0 Å². The number of rotatable bonds is 5. The number of non-ortho nitro benzene ring substituents is 1. The molecule has 0 atom stereocenters. The van der Waals surface area contributed by atoms with E-state index in [9.17, 15) is 23.3 Å². The average molecular weight is 405 g/mol. The van der Waals surface area contributed by atoms with Crippen LogP contribution in [0.3, 0.4) is 0 Å². The molecule has 0 unspecified atom stereocenters. The van der Waals surface area contributed by atoms with Crippen molar-refractivity contribution in [2.75, 3.05) is 33.3 Å². The number of hydrogen-bond acceptors (Lipinski definition) is 6. The van der Waals surface area contributed by atoms with Gasteiger partial charge < -0.3 is 9.64 Å². The molecule has 0 bridgehead atoms. The van der Waals surface area contributed by atoms with Crippen LogP contribution in [0.25, 0.3) is 0 Å². The SMILES string of the molecule is COc1ccccc1C(=O)N1CCN(S(=O)(=O)c2cccc([N+](=O)[O-])c2)CC1. The van der Waals surface area contributed by atoms with E-state index >= 15 is 0 Å². The molecule has 148 valence electrons. The van der Waals surface area contributed by atoms with Gasteiger partial charge in [-0.15, -0.1) is 0 Å². The van der Waals surface area contributed by atoms with Crippen molar-refractivity contribution in [3.8, 4) is 5.75 Å². The maximum absolute atomic E-state index is 12.8. The molecule has 10 heteroatoms. The summed E-state index contributed by atoms with van der Waals surface area (Å²) < 4.78 is 32.0. The number of methoxy groups -OCH3 is 1. The number of nitrogens with zero attached hydrogens (tertiary/aromatic N) is 3. The van der Waals surface area contributed by atoms with Gasteiger partial charge in [-0.2, -0.15) is 4.31 Å². The topological polar surface area (TPSA) is 110 Å². The molecule has 0 aliphatic carbocycles. The van der Waals surface area contributed by atoms with E-state index in [1.807, 2.05) is 0 Å². The summed E-state index contributed by atoms with van der Waals surface area (Å²) in [6.45, 7) is 0.633. The number of benzene rings is 2. The van der Waals surface area contributed by atoms with E-state index in [0.29, 0.717) is 11.3 Å². The second-order valence-electron chi connectivity index (χ2n) is 6.15. The second-order valence-corrected chi connectivity index (χ2v) is 8.09. The zero-order chi connectivity index (χ0) is 20.3. The smallest absolute Gasteiger partial charge is 0.270 e. The minimum atomic E-state index is -3.88. The highest BCUT2D eigenvalue weighted by Crippen LogP contribution is 2.24. The van der Waals surface area contributed by atoms with Crippen LogP contribution in [0.5, 0.6) is 5.75 Å². The minimum absolute atomic E-state index is 0.103. The summed E-state index contributed by atoms with van der Waals surface area (Å²) >= 11 is 0. The van der Waals surface area contributed by atoms with Crippen molar-refractivity contribution in [2.24, 2.45) is 0 Å². The number of nitro groups is 1. The van der Waals surface area contributed by atoms with Crippen molar-refractivity contribution in [1.82, 2.24) is 9.21 Å². The Morgan fingerprint density at radius 2 is 1.75 bits per heavy atom. The number of sulfonamides is 1. The minimum Gasteiger partial charge on any atom is -0.496 e. The van der Waals surface area contributed by atoms with E-state index in [0.717, 1.165) is 6.07 Å². The van der Waals surface area contributed by atoms with Crippen LogP contribution in [0.1, 0.15) is 10.4 Å². The lowest BCUT2D eigenvalue weighted by molar-refractivity contribution is -0.385. The van der Waals surface area contributed by atoms with Crippen LogP contribution in [-0.4, -0.2) is 61.7 Å². The van der Waals surface area contributed by atoms with Gasteiger partial charge >= 0.3 is 0 Å². The Hall–Kier alpha value is -2.98. The summed E-state index contributed by atoms with van der Waals surface area (Å²) in [6.07, 6.45) is 0. The fourth-order valence-corrected chi connectivity index (χ4v) is 4.49. The predicted octanol–water partition coefficient (Wildman–Crippen LogP) is 1.75. The third-order valence-electron chi connectivity index (χ3n) is 4.53. The zero-order valence-corrected chi connectivity index (χ0v) is 16.0. The van der Waals surface area contributed by atoms with Gasteiger partial charge in [0, 0.05) is 38.3 Å². The average Bonchev–Trinajstić information content (AvgIpc) is 2.73. The van der Waals surface area contributed by atoms with Crippen molar-refractivity contribution in [3.63, 3.8) is 0 Å². The van der Waals surface area contributed by atoms with Crippen LogP contribution in [0, 0.1) is 10.1 Å². The number of hydrogen-bond donors (Lipinski definition) is 0.